The van der Waals surface area contributed by atoms with Crippen LogP contribution in [0.25, 0.3) is 10.9 Å². The molecule has 142 valence electrons. The Bertz CT molecular complexity index is 961. The molecule has 27 heavy (non-hydrogen) atoms. The first-order valence-electron chi connectivity index (χ1n) is 8.39. The fraction of sp³-hybridized carbons (Fsp3) is 0.300. The lowest BCUT2D eigenvalue weighted by Gasteiger charge is -2.19. The van der Waals surface area contributed by atoms with Gasteiger partial charge in [-0.15, -0.1) is 11.6 Å². The first-order valence-corrected chi connectivity index (χ1v) is 8.93. The van der Waals surface area contributed by atoms with Crippen molar-refractivity contribution < 1.29 is 13.2 Å². The molecule has 0 aliphatic heterocycles. The summed E-state index contributed by atoms with van der Waals surface area (Å²) >= 11 is 5.83. The van der Waals surface area contributed by atoms with Gasteiger partial charge in [-0.2, -0.15) is 13.2 Å². The second kappa shape index (κ2) is 7.00. The number of rotatable bonds is 3. The Morgan fingerprint density at radius 1 is 0.926 bits per heavy atom. The van der Waals surface area contributed by atoms with Crippen LogP contribution in [0.4, 0.5) is 24.7 Å². The third-order valence-corrected chi connectivity index (χ3v) is 4.44. The van der Waals surface area contributed by atoms with Gasteiger partial charge in [0, 0.05) is 11.1 Å². The monoisotopic (exact) mass is 393 g/mol. The van der Waals surface area contributed by atoms with E-state index in [1.807, 2.05) is 24.3 Å². The van der Waals surface area contributed by atoms with E-state index in [1.54, 1.807) is 0 Å². The van der Waals surface area contributed by atoms with Gasteiger partial charge in [0.1, 0.15) is 11.6 Å². The van der Waals surface area contributed by atoms with E-state index in [1.165, 1.54) is 11.6 Å². The summed E-state index contributed by atoms with van der Waals surface area (Å²) in [4.78, 5) is 8.48. The molecular formula is C20H19ClF3N3. The minimum absolute atomic E-state index is 0.00380. The fourth-order valence-electron chi connectivity index (χ4n) is 2.70. The van der Waals surface area contributed by atoms with Crippen LogP contribution >= 0.6 is 11.6 Å². The van der Waals surface area contributed by atoms with E-state index in [2.05, 4.69) is 36.1 Å². The van der Waals surface area contributed by atoms with Crippen molar-refractivity contribution in [2.75, 3.05) is 5.32 Å². The Kier molecular flexibility index (Phi) is 5.04. The van der Waals surface area contributed by atoms with E-state index in [4.69, 9.17) is 11.6 Å². The maximum atomic E-state index is 13.0. The molecule has 0 unspecified atom stereocenters. The van der Waals surface area contributed by atoms with Crippen molar-refractivity contribution >= 4 is 34.0 Å². The zero-order chi connectivity index (χ0) is 19.8. The van der Waals surface area contributed by atoms with E-state index >= 15 is 0 Å². The van der Waals surface area contributed by atoms with Crippen LogP contribution in [0.5, 0.6) is 0 Å². The average molecular weight is 394 g/mol. The van der Waals surface area contributed by atoms with E-state index in [-0.39, 0.29) is 22.6 Å². The number of hydrogen-bond donors (Lipinski definition) is 1. The van der Waals surface area contributed by atoms with Gasteiger partial charge in [0.25, 0.3) is 0 Å². The molecule has 7 heteroatoms. The standard InChI is InChI=1S/C20H19ClF3N3/c1-19(2,3)12-4-7-14(8-5-12)25-18-15-9-6-13(20(22,23)24)10-16(15)26-17(11-21)27-18/h4-10H,11H2,1-3H3,(H,25,26,27). The van der Waals surface area contributed by atoms with Gasteiger partial charge in [-0.3, -0.25) is 0 Å². The first-order chi connectivity index (χ1) is 12.6. The van der Waals surface area contributed by atoms with Gasteiger partial charge in [-0.1, -0.05) is 32.9 Å². The van der Waals surface area contributed by atoms with Crippen LogP contribution in [0.15, 0.2) is 42.5 Å². The lowest BCUT2D eigenvalue weighted by atomic mass is 9.87. The average Bonchev–Trinajstić information content (AvgIpc) is 2.60. The van der Waals surface area contributed by atoms with Crippen molar-refractivity contribution in [1.29, 1.82) is 0 Å². The van der Waals surface area contributed by atoms with Crippen molar-refractivity contribution in [2.45, 2.75) is 38.2 Å². The largest absolute Gasteiger partial charge is 0.416 e. The number of hydrogen-bond acceptors (Lipinski definition) is 3. The molecular weight excluding hydrogens is 375 g/mol. The molecule has 3 aromatic rings. The summed E-state index contributed by atoms with van der Waals surface area (Å²) in [5, 5.41) is 3.66. The quantitative estimate of drug-likeness (QED) is 0.521. The summed E-state index contributed by atoms with van der Waals surface area (Å²) in [7, 11) is 0. The van der Waals surface area contributed by atoms with Gasteiger partial charge in [0.05, 0.1) is 17.0 Å². The summed E-state index contributed by atoms with van der Waals surface area (Å²) in [5.74, 6) is 0.689. The topological polar surface area (TPSA) is 37.8 Å². The second-order valence-electron chi connectivity index (χ2n) is 7.30. The fourth-order valence-corrected chi connectivity index (χ4v) is 2.82. The van der Waals surface area contributed by atoms with E-state index in [0.717, 1.165) is 17.8 Å². The molecule has 0 aliphatic rings. The van der Waals surface area contributed by atoms with Crippen molar-refractivity contribution in [1.82, 2.24) is 9.97 Å². The lowest BCUT2D eigenvalue weighted by molar-refractivity contribution is -0.137. The number of alkyl halides is 4. The molecule has 3 rings (SSSR count). The van der Waals surface area contributed by atoms with E-state index < -0.39 is 11.7 Å². The molecule has 0 bridgehead atoms. The van der Waals surface area contributed by atoms with Crippen LogP contribution < -0.4 is 5.32 Å². The van der Waals surface area contributed by atoms with Gasteiger partial charge >= 0.3 is 6.18 Å². The maximum Gasteiger partial charge on any atom is 0.416 e. The number of nitrogens with zero attached hydrogens (tertiary/aromatic N) is 2. The Labute approximate surface area is 160 Å². The third-order valence-electron chi connectivity index (χ3n) is 4.20. The molecule has 0 atom stereocenters. The van der Waals surface area contributed by atoms with Gasteiger partial charge in [-0.05, 0) is 41.3 Å². The number of anilines is 2. The highest BCUT2D eigenvalue weighted by Crippen LogP contribution is 2.33. The number of fused-ring (bicyclic) bond motifs is 1. The molecule has 0 amide bonds. The SMILES string of the molecule is CC(C)(C)c1ccc(Nc2nc(CCl)nc3cc(C(F)(F)F)ccc23)cc1. The molecule has 0 spiro atoms. The van der Waals surface area contributed by atoms with Gasteiger partial charge in [-0.25, -0.2) is 9.97 Å². The van der Waals surface area contributed by atoms with Crippen LogP contribution in [0.1, 0.15) is 37.7 Å². The Morgan fingerprint density at radius 3 is 2.11 bits per heavy atom. The number of benzene rings is 2. The number of halogens is 4. The van der Waals surface area contributed by atoms with Crippen molar-refractivity contribution in [3.63, 3.8) is 0 Å². The molecule has 1 aromatic heterocycles. The smallest absolute Gasteiger partial charge is 0.340 e. The highest BCUT2D eigenvalue weighted by molar-refractivity contribution is 6.16. The molecule has 2 aromatic carbocycles. The zero-order valence-corrected chi connectivity index (χ0v) is 15.9. The molecule has 3 nitrogen and oxygen atoms in total. The summed E-state index contributed by atoms with van der Waals surface area (Å²) in [5.41, 5.74) is 1.43. The normalized spacial score (nSPS) is 12.4. The van der Waals surface area contributed by atoms with Crippen LogP contribution in [-0.2, 0) is 17.5 Å². The molecule has 0 saturated heterocycles. The minimum atomic E-state index is -4.43. The molecule has 0 aliphatic carbocycles. The molecule has 0 fully saturated rings. The van der Waals surface area contributed by atoms with Gasteiger partial charge in [0.15, 0.2) is 0 Å². The van der Waals surface area contributed by atoms with Crippen LogP contribution in [0.2, 0.25) is 0 Å². The Balaban J connectivity index is 2.03. The predicted molar refractivity (Wildman–Crippen MR) is 103 cm³/mol. The second-order valence-corrected chi connectivity index (χ2v) is 7.57. The number of nitrogens with one attached hydrogen (secondary N) is 1. The Hall–Kier alpha value is -2.34. The van der Waals surface area contributed by atoms with Gasteiger partial charge in [0.2, 0.25) is 0 Å². The van der Waals surface area contributed by atoms with Crippen LogP contribution in [0, 0.1) is 0 Å². The third kappa shape index (κ3) is 4.33. The van der Waals surface area contributed by atoms with E-state index in [9.17, 15) is 13.2 Å². The molecule has 0 saturated carbocycles. The highest BCUT2D eigenvalue weighted by atomic mass is 35.5. The van der Waals surface area contributed by atoms with Crippen LogP contribution in [-0.4, -0.2) is 9.97 Å². The summed E-state index contributed by atoms with van der Waals surface area (Å²) < 4.78 is 39.0. The van der Waals surface area contributed by atoms with Crippen LogP contribution in [0.3, 0.4) is 0 Å². The maximum absolute atomic E-state index is 13.0. The molecule has 1 N–H and O–H groups in total. The first kappa shape index (κ1) is 19.4. The van der Waals surface area contributed by atoms with E-state index in [0.29, 0.717) is 11.2 Å². The van der Waals surface area contributed by atoms with Crippen molar-refractivity contribution in [2.24, 2.45) is 0 Å². The Morgan fingerprint density at radius 2 is 1.56 bits per heavy atom. The summed E-state index contributed by atoms with van der Waals surface area (Å²) in [6.45, 7) is 6.37. The molecule has 0 radical (unpaired) electrons. The van der Waals surface area contributed by atoms with Crippen molar-refractivity contribution in [3.8, 4) is 0 Å². The summed E-state index contributed by atoms with van der Waals surface area (Å²) in [6, 6.07) is 11.3. The lowest BCUT2D eigenvalue weighted by Crippen LogP contribution is -2.10. The van der Waals surface area contributed by atoms with Gasteiger partial charge < -0.3 is 5.32 Å². The molecule has 1 heterocycles. The number of aromatic nitrogens is 2. The van der Waals surface area contributed by atoms with Crippen molar-refractivity contribution in [3.05, 3.63) is 59.4 Å². The minimum Gasteiger partial charge on any atom is -0.340 e. The zero-order valence-electron chi connectivity index (χ0n) is 15.2. The predicted octanol–water partition coefficient (Wildman–Crippen LogP) is 6.43. The highest BCUT2D eigenvalue weighted by Gasteiger charge is 2.30. The summed E-state index contributed by atoms with van der Waals surface area (Å²) in [6.07, 6.45) is -4.43.